The van der Waals surface area contributed by atoms with Crippen molar-refractivity contribution in [3.63, 3.8) is 0 Å². The van der Waals surface area contributed by atoms with E-state index in [4.69, 9.17) is 9.47 Å². The minimum atomic E-state index is -1.37. The maximum Gasteiger partial charge on any atom is 0.190 e. The quantitative estimate of drug-likeness (QED) is 0.802. The topological polar surface area (TPSA) is 39.5 Å². The van der Waals surface area contributed by atoms with Crippen LogP contribution in [0.5, 0.6) is 5.75 Å². The number of alkyl halides is 1. The Kier molecular flexibility index (Phi) is 3.93. The van der Waals surface area contributed by atoms with E-state index in [0.717, 1.165) is 29.7 Å². The zero-order valence-electron chi connectivity index (χ0n) is 15.9. The van der Waals surface area contributed by atoms with Crippen LogP contribution in [0.15, 0.2) is 24.5 Å². The Morgan fingerprint density at radius 1 is 1.30 bits per heavy atom. The summed E-state index contributed by atoms with van der Waals surface area (Å²) in [5.74, 6) is 0.811. The van der Waals surface area contributed by atoms with Gasteiger partial charge in [-0.2, -0.15) is 5.10 Å². The summed E-state index contributed by atoms with van der Waals surface area (Å²) < 4.78 is 27.8. The second-order valence-electron chi connectivity index (χ2n) is 8.31. The van der Waals surface area contributed by atoms with E-state index >= 15 is 0 Å². The van der Waals surface area contributed by atoms with E-state index < -0.39 is 5.67 Å². The molecule has 2 aromatic rings. The fraction of sp³-hybridized carbons (Fsp3) is 0.571. The van der Waals surface area contributed by atoms with Crippen LogP contribution in [0.3, 0.4) is 0 Å². The Balaban J connectivity index is 1.54. The largest absolute Gasteiger partial charge is 0.489 e. The third-order valence-corrected chi connectivity index (χ3v) is 6.12. The van der Waals surface area contributed by atoms with Gasteiger partial charge in [-0.15, -0.1) is 0 Å². The molecule has 1 atom stereocenters. The molecular formula is C21H26FN3O2. The lowest BCUT2D eigenvalue weighted by molar-refractivity contribution is -0.146. The van der Waals surface area contributed by atoms with Crippen molar-refractivity contribution in [3.8, 4) is 16.9 Å². The van der Waals surface area contributed by atoms with Gasteiger partial charge in [-0.1, -0.05) is 0 Å². The van der Waals surface area contributed by atoms with Gasteiger partial charge in [-0.05, 0) is 44.7 Å². The third kappa shape index (κ3) is 3.00. The smallest absolute Gasteiger partial charge is 0.190 e. The second kappa shape index (κ2) is 6.23. The highest BCUT2D eigenvalue weighted by Crippen LogP contribution is 2.44. The minimum Gasteiger partial charge on any atom is -0.489 e. The molecule has 2 fully saturated rings. The number of halogens is 1. The van der Waals surface area contributed by atoms with Crippen molar-refractivity contribution in [2.24, 2.45) is 0 Å². The second-order valence-corrected chi connectivity index (χ2v) is 8.31. The number of anilines is 1. The van der Waals surface area contributed by atoms with Crippen LogP contribution in [0.25, 0.3) is 11.1 Å². The average Bonchev–Trinajstić information content (AvgIpc) is 3.38. The third-order valence-electron chi connectivity index (χ3n) is 6.12. The van der Waals surface area contributed by atoms with Crippen molar-refractivity contribution >= 4 is 5.69 Å². The van der Waals surface area contributed by atoms with Gasteiger partial charge >= 0.3 is 0 Å². The van der Waals surface area contributed by atoms with Crippen LogP contribution in [-0.2, 0) is 11.2 Å². The summed E-state index contributed by atoms with van der Waals surface area (Å²) in [6.07, 6.45) is 8.40. The van der Waals surface area contributed by atoms with Crippen LogP contribution >= 0.6 is 0 Å². The summed E-state index contributed by atoms with van der Waals surface area (Å²) in [6.45, 7) is 2.51. The Morgan fingerprint density at radius 2 is 2.11 bits per heavy atom. The van der Waals surface area contributed by atoms with Crippen molar-refractivity contribution in [3.05, 3.63) is 30.1 Å². The molecule has 6 heteroatoms. The highest BCUT2D eigenvalue weighted by atomic mass is 19.1. The summed E-state index contributed by atoms with van der Waals surface area (Å²) >= 11 is 0. The molecule has 0 radical (unpaired) electrons. The van der Waals surface area contributed by atoms with Gasteiger partial charge < -0.3 is 14.4 Å². The van der Waals surface area contributed by atoms with Gasteiger partial charge in [0, 0.05) is 41.7 Å². The SMILES string of the molecule is CC1CCc2c(ccc(-c3cnn(C4CC4)c3)c2OCC2(F)COC2)N1C. The zero-order valence-corrected chi connectivity index (χ0v) is 15.9. The molecule has 5 rings (SSSR count). The van der Waals surface area contributed by atoms with Crippen molar-refractivity contribution in [2.75, 3.05) is 31.8 Å². The Bertz CT molecular complexity index is 857. The lowest BCUT2D eigenvalue weighted by atomic mass is 9.92. The van der Waals surface area contributed by atoms with Crippen molar-refractivity contribution in [1.29, 1.82) is 0 Å². The Morgan fingerprint density at radius 3 is 2.81 bits per heavy atom. The van der Waals surface area contributed by atoms with Crippen LogP contribution < -0.4 is 9.64 Å². The van der Waals surface area contributed by atoms with E-state index in [1.165, 1.54) is 24.1 Å². The molecule has 2 aliphatic heterocycles. The van der Waals surface area contributed by atoms with Crippen LogP contribution in [0.1, 0.15) is 37.8 Å². The van der Waals surface area contributed by atoms with Crippen LogP contribution in [0.4, 0.5) is 10.1 Å². The average molecular weight is 371 g/mol. The number of rotatable bonds is 5. The van der Waals surface area contributed by atoms with Gasteiger partial charge in [0.15, 0.2) is 5.67 Å². The molecule has 1 saturated carbocycles. The molecule has 1 unspecified atom stereocenters. The van der Waals surface area contributed by atoms with E-state index in [0.29, 0.717) is 12.1 Å². The summed E-state index contributed by atoms with van der Waals surface area (Å²) in [5, 5.41) is 4.53. The van der Waals surface area contributed by atoms with Gasteiger partial charge in [-0.25, -0.2) is 4.39 Å². The molecule has 1 aromatic carbocycles. The molecule has 3 aliphatic rings. The molecule has 0 spiro atoms. The number of benzene rings is 1. The summed E-state index contributed by atoms with van der Waals surface area (Å²) in [7, 11) is 2.12. The predicted octanol–water partition coefficient (Wildman–Crippen LogP) is 3.77. The fourth-order valence-electron chi connectivity index (χ4n) is 3.99. The highest BCUT2D eigenvalue weighted by molar-refractivity contribution is 5.77. The molecule has 5 nitrogen and oxygen atoms in total. The monoisotopic (exact) mass is 371 g/mol. The summed E-state index contributed by atoms with van der Waals surface area (Å²) in [4.78, 5) is 2.29. The maximum absolute atomic E-state index is 14.5. The molecule has 144 valence electrons. The molecular weight excluding hydrogens is 345 g/mol. The number of ether oxygens (including phenoxy) is 2. The van der Waals surface area contributed by atoms with Crippen molar-refractivity contribution in [2.45, 2.75) is 50.4 Å². The number of fused-ring (bicyclic) bond motifs is 1. The Labute approximate surface area is 159 Å². The van der Waals surface area contributed by atoms with Gasteiger partial charge in [0.2, 0.25) is 0 Å². The maximum atomic E-state index is 14.5. The van der Waals surface area contributed by atoms with Crippen molar-refractivity contribution in [1.82, 2.24) is 9.78 Å². The van der Waals surface area contributed by atoms with Crippen LogP contribution in [0, 0.1) is 0 Å². The van der Waals surface area contributed by atoms with Crippen LogP contribution in [0.2, 0.25) is 0 Å². The molecule has 0 N–H and O–H groups in total. The molecule has 1 aromatic heterocycles. The normalized spacial score (nSPS) is 23.7. The fourth-order valence-corrected chi connectivity index (χ4v) is 3.99. The highest BCUT2D eigenvalue weighted by Gasteiger charge is 2.40. The minimum absolute atomic E-state index is 0.0342. The zero-order chi connectivity index (χ0) is 18.6. The Hall–Kier alpha value is -2.08. The molecule has 27 heavy (non-hydrogen) atoms. The molecule has 1 aliphatic carbocycles. The lowest BCUT2D eigenvalue weighted by Crippen LogP contribution is -2.50. The first-order chi connectivity index (χ1) is 13.0. The van der Waals surface area contributed by atoms with Gasteiger partial charge in [0.1, 0.15) is 12.4 Å². The van der Waals surface area contributed by atoms with Crippen LogP contribution in [-0.4, -0.2) is 48.4 Å². The number of hydrogen-bond acceptors (Lipinski definition) is 4. The first-order valence-electron chi connectivity index (χ1n) is 9.87. The van der Waals surface area contributed by atoms with Gasteiger partial charge in [0.05, 0.1) is 25.5 Å². The molecule has 1 saturated heterocycles. The first-order valence-corrected chi connectivity index (χ1v) is 9.87. The van der Waals surface area contributed by atoms with E-state index in [2.05, 4.69) is 42.3 Å². The molecule has 0 amide bonds. The van der Waals surface area contributed by atoms with E-state index in [1.807, 2.05) is 10.9 Å². The summed E-state index contributed by atoms with van der Waals surface area (Å²) in [5.41, 5.74) is 3.04. The first kappa shape index (κ1) is 17.0. The molecule has 0 bridgehead atoms. The standard InChI is InChI=1S/C21H26FN3O2/c1-14-3-6-18-19(24(14)2)8-7-17(15-9-23-25(10-15)16-4-5-16)20(18)27-13-21(22)11-26-12-21/h7-10,14,16H,3-6,11-13H2,1-2H3. The van der Waals surface area contributed by atoms with E-state index in [9.17, 15) is 4.39 Å². The molecule has 3 heterocycles. The van der Waals surface area contributed by atoms with E-state index in [-0.39, 0.29) is 19.8 Å². The number of hydrogen-bond donors (Lipinski definition) is 0. The van der Waals surface area contributed by atoms with Crippen molar-refractivity contribution < 1.29 is 13.9 Å². The van der Waals surface area contributed by atoms with Gasteiger partial charge in [-0.3, -0.25) is 4.68 Å². The number of aromatic nitrogens is 2. The predicted molar refractivity (Wildman–Crippen MR) is 102 cm³/mol. The number of nitrogens with zero attached hydrogens (tertiary/aromatic N) is 3. The van der Waals surface area contributed by atoms with E-state index in [1.54, 1.807) is 0 Å². The lowest BCUT2D eigenvalue weighted by Gasteiger charge is -2.37. The van der Waals surface area contributed by atoms with Gasteiger partial charge in [0.25, 0.3) is 0 Å². The summed E-state index contributed by atoms with van der Waals surface area (Å²) in [6, 6.07) is 5.29.